The van der Waals surface area contributed by atoms with Gasteiger partial charge >= 0.3 is 0 Å². The Balaban J connectivity index is 1.40. The minimum Gasteiger partial charge on any atom is -0.314 e. The molecule has 4 aliphatic rings. The molecular weight excluding hydrogens is 350 g/mol. The fraction of sp³-hybridized carbons (Fsp3) is 0.545. The Kier molecular flexibility index (Phi) is 4.69. The van der Waals surface area contributed by atoms with E-state index >= 15 is 0 Å². The molecule has 1 fully saturated rings. The summed E-state index contributed by atoms with van der Waals surface area (Å²) < 4.78 is 0. The molecule has 148 valence electrons. The lowest BCUT2D eigenvalue weighted by Crippen LogP contribution is -2.54. The number of nitrogens with zero attached hydrogens (tertiary/aromatic N) is 4. The third-order valence-electron chi connectivity index (χ3n) is 6.51. The molecule has 5 rings (SSSR count). The highest BCUT2D eigenvalue weighted by molar-refractivity contribution is 6.09. The summed E-state index contributed by atoms with van der Waals surface area (Å²) in [6.07, 6.45) is 3.47. The average molecular weight is 380 g/mol. The number of carbonyl (C=O) groups is 1. The highest BCUT2D eigenvalue weighted by atomic mass is 16.2. The zero-order valence-corrected chi connectivity index (χ0v) is 16.7. The predicted molar refractivity (Wildman–Crippen MR) is 110 cm³/mol. The van der Waals surface area contributed by atoms with Gasteiger partial charge in [0.25, 0.3) is 5.91 Å². The lowest BCUT2D eigenvalue weighted by Gasteiger charge is -2.42. The van der Waals surface area contributed by atoms with E-state index in [2.05, 4.69) is 34.2 Å². The van der Waals surface area contributed by atoms with Crippen molar-refractivity contribution in [2.75, 3.05) is 39.3 Å². The van der Waals surface area contributed by atoms with Gasteiger partial charge < -0.3 is 10.2 Å². The van der Waals surface area contributed by atoms with Crippen molar-refractivity contribution < 1.29 is 4.79 Å². The molecule has 28 heavy (non-hydrogen) atoms. The molecule has 0 bridgehead atoms. The van der Waals surface area contributed by atoms with Crippen LogP contribution in [0.15, 0.2) is 40.5 Å². The molecule has 6 nitrogen and oxygen atoms in total. The van der Waals surface area contributed by atoms with Gasteiger partial charge in [-0.1, -0.05) is 24.3 Å². The van der Waals surface area contributed by atoms with Crippen molar-refractivity contribution in [1.29, 1.82) is 0 Å². The first-order valence-corrected chi connectivity index (χ1v) is 10.6. The van der Waals surface area contributed by atoms with E-state index in [4.69, 9.17) is 4.99 Å². The van der Waals surface area contributed by atoms with Crippen molar-refractivity contribution in [3.8, 4) is 0 Å². The maximum atomic E-state index is 13.5. The van der Waals surface area contributed by atoms with Gasteiger partial charge in [0.15, 0.2) is 0 Å². The predicted octanol–water partition coefficient (Wildman–Crippen LogP) is 1.72. The number of aliphatic imine (C=N–C) groups is 1. The Morgan fingerprint density at radius 3 is 2.96 bits per heavy atom. The number of hydrogen-bond donors (Lipinski definition) is 1. The van der Waals surface area contributed by atoms with E-state index in [1.54, 1.807) is 0 Å². The number of benzene rings is 1. The summed E-state index contributed by atoms with van der Waals surface area (Å²) in [5, 5.41) is 3.59. The van der Waals surface area contributed by atoms with Crippen molar-refractivity contribution in [3.05, 3.63) is 46.7 Å². The second-order valence-electron chi connectivity index (χ2n) is 8.35. The van der Waals surface area contributed by atoms with Crippen LogP contribution in [0.3, 0.4) is 0 Å². The average Bonchev–Trinajstić information content (AvgIpc) is 3.38. The second-order valence-corrected chi connectivity index (χ2v) is 8.35. The molecule has 0 radical (unpaired) electrons. The zero-order valence-electron chi connectivity index (χ0n) is 16.7. The topological polar surface area (TPSA) is 51.2 Å². The summed E-state index contributed by atoms with van der Waals surface area (Å²) in [7, 11) is 0. The second kappa shape index (κ2) is 7.33. The van der Waals surface area contributed by atoms with E-state index in [9.17, 15) is 4.79 Å². The van der Waals surface area contributed by atoms with E-state index in [0.29, 0.717) is 12.6 Å². The fourth-order valence-electron chi connectivity index (χ4n) is 4.95. The van der Waals surface area contributed by atoms with Crippen molar-refractivity contribution in [3.63, 3.8) is 0 Å². The number of rotatable bonds is 4. The third kappa shape index (κ3) is 3.14. The Bertz CT molecular complexity index is 839. The molecule has 1 unspecified atom stereocenters. The zero-order chi connectivity index (χ0) is 19.1. The van der Waals surface area contributed by atoms with Gasteiger partial charge in [0.05, 0.1) is 18.7 Å². The number of amides is 1. The molecule has 4 aliphatic heterocycles. The smallest absolute Gasteiger partial charge is 0.259 e. The summed E-state index contributed by atoms with van der Waals surface area (Å²) in [5.74, 6) is 1.01. The molecule has 0 spiro atoms. The Hall–Kier alpha value is -2.18. The summed E-state index contributed by atoms with van der Waals surface area (Å²) in [5.41, 5.74) is 4.62. The van der Waals surface area contributed by atoms with E-state index in [-0.39, 0.29) is 5.91 Å². The molecule has 1 atom stereocenters. The van der Waals surface area contributed by atoms with Crippen LogP contribution in [-0.4, -0.2) is 71.9 Å². The van der Waals surface area contributed by atoms with Crippen molar-refractivity contribution in [2.24, 2.45) is 4.99 Å². The first-order chi connectivity index (χ1) is 13.7. The van der Waals surface area contributed by atoms with E-state index in [1.807, 2.05) is 17.0 Å². The van der Waals surface area contributed by atoms with Gasteiger partial charge in [-0.3, -0.25) is 19.6 Å². The van der Waals surface area contributed by atoms with Crippen LogP contribution in [0.5, 0.6) is 0 Å². The normalized spacial score (nSPS) is 25.2. The van der Waals surface area contributed by atoms with Crippen LogP contribution < -0.4 is 5.32 Å². The van der Waals surface area contributed by atoms with Crippen molar-refractivity contribution in [2.45, 2.75) is 38.8 Å². The SMILES string of the molecule is Cc1ccccc1CN1C(=O)C2=C(CCN(CC3CCCN3)C2)N2CCN=C12. The first-order valence-electron chi connectivity index (χ1n) is 10.6. The van der Waals surface area contributed by atoms with Crippen LogP contribution in [0.2, 0.25) is 0 Å². The fourth-order valence-corrected chi connectivity index (χ4v) is 4.95. The van der Waals surface area contributed by atoms with Crippen LogP contribution in [0, 0.1) is 6.92 Å². The number of guanidine groups is 1. The molecular formula is C22H29N5O. The summed E-state index contributed by atoms with van der Waals surface area (Å²) in [4.78, 5) is 24.9. The van der Waals surface area contributed by atoms with Gasteiger partial charge in [0.1, 0.15) is 0 Å². The maximum absolute atomic E-state index is 13.5. The molecule has 1 N–H and O–H groups in total. The minimum absolute atomic E-state index is 0.152. The molecule has 1 amide bonds. The molecule has 6 heteroatoms. The van der Waals surface area contributed by atoms with Gasteiger partial charge in [-0.25, -0.2) is 0 Å². The number of hydrogen-bond acceptors (Lipinski definition) is 5. The van der Waals surface area contributed by atoms with E-state index < -0.39 is 0 Å². The van der Waals surface area contributed by atoms with Gasteiger partial charge in [-0.15, -0.1) is 0 Å². The van der Waals surface area contributed by atoms with Gasteiger partial charge in [-0.2, -0.15) is 0 Å². The molecule has 0 aliphatic carbocycles. The molecule has 1 aromatic rings. The van der Waals surface area contributed by atoms with Crippen LogP contribution in [-0.2, 0) is 11.3 Å². The van der Waals surface area contributed by atoms with E-state index in [1.165, 1.54) is 29.7 Å². The Labute approximate surface area is 166 Å². The maximum Gasteiger partial charge on any atom is 0.259 e. The third-order valence-corrected chi connectivity index (χ3v) is 6.51. The van der Waals surface area contributed by atoms with Gasteiger partial charge in [-0.05, 0) is 37.4 Å². The summed E-state index contributed by atoms with van der Waals surface area (Å²) in [6.45, 7) is 8.36. The Morgan fingerprint density at radius 2 is 2.14 bits per heavy atom. The van der Waals surface area contributed by atoms with Gasteiger partial charge in [0, 0.05) is 44.3 Å². The van der Waals surface area contributed by atoms with Crippen LogP contribution in [0.25, 0.3) is 0 Å². The number of nitrogens with one attached hydrogen (secondary N) is 1. The minimum atomic E-state index is 0.152. The van der Waals surface area contributed by atoms with Crippen LogP contribution in [0.4, 0.5) is 0 Å². The first kappa shape index (κ1) is 17.9. The molecule has 1 aromatic carbocycles. The number of aryl methyl sites for hydroxylation is 1. The van der Waals surface area contributed by atoms with Crippen molar-refractivity contribution in [1.82, 2.24) is 20.0 Å². The molecule has 0 saturated carbocycles. The highest BCUT2D eigenvalue weighted by Gasteiger charge is 2.41. The standard InChI is InChI=1S/C22H29N5O/c1-16-5-2-3-6-17(16)13-27-21(28)19-15-25(14-18-7-4-9-23-18)11-8-20(19)26-12-10-24-22(26)27/h2-3,5-6,18,23H,4,7-15H2,1H3. The van der Waals surface area contributed by atoms with Crippen LogP contribution in [0.1, 0.15) is 30.4 Å². The van der Waals surface area contributed by atoms with Crippen LogP contribution >= 0.6 is 0 Å². The summed E-state index contributed by atoms with van der Waals surface area (Å²) in [6, 6.07) is 8.90. The lowest BCUT2D eigenvalue weighted by atomic mass is 9.99. The largest absolute Gasteiger partial charge is 0.314 e. The highest BCUT2D eigenvalue weighted by Crippen LogP contribution is 2.32. The van der Waals surface area contributed by atoms with E-state index in [0.717, 1.165) is 57.2 Å². The number of carbonyl (C=O) groups excluding carboxylic acids is 1. The Morgan fingerprint density at radius 1 is 1.25 bits per heavy atom. The molecule has 0 aromatic heterocycles. The van der Waals surface area contributed by atoms with Gasteiger partial charge in [0.2, 0.25) is 5.96 Å². The number of fused-ring (bicyclic) bond motifs is 2. The lowest BCUT2D eigenvalue weighted by molar-refractivity contribution is -0.125. The monoisotopic (exact) mass is 379 g/mol. The quantitative estimate of drug-likeness (QED) is 0.866. The summed E-state index contributed by atoms with van der Waals surface area (Å²) >= 11 is 0. The van der Waals surface area contributed by atoms with Crippen molar-refractivity contribution >= 4 is 11.9 Å². The molecule has 1 saturated heterocycles. The molecule has 4 heterocycles.